The zero-order chi connectivity index (χ0) is 47.7. The van der Waals surface area contributed by atoms with Gasteiger partial charge in [-0.2, -0.15) is 0 Å². The second kappa shape index (κ2) is 56.7. The summed E-state index contributed by atoms with van der Waals surface area (Å²) < 4.78 is 17.4. The molecule has 0 fully saturated rings. The van der Waals surface area contributed by atoms with Crippen molar-refractivity contribution in [3.63, 3.8) is 0 Å². The third kappa shape index (κ3) is 54.0. The van der Waals surface area contributed by atoms with Crippen molar-refractivity contribution in [2.45, 2.75) is 284 Å². The van der Waals surface area contributed by atoms with Crippen LogP contribution in [-0.4, -0.2) is 37.9 Å². The maximum Gasteiger partial charge on any atom is 0.306 e. The highest BCUT2D eigenvalue weighted by molar-refractivity contribution is 5.70. The van der Waals surface area contributed by atoms with Gasteiger partial charge in [-0.05, 0) is 89.9 Å². The van der Waals surface area contributed by atoms with Crippen LogP contribution in [0.1, 0.15) is 278 Å². The van der Waals surface area contributed by atoms with Crippen LogP contribution in [0.2, 0.25) is 0 Å². The Balaban J connectivity index is 4.34. The van der Waals surface area contributed by atoms with Gasteiger partial charge in [-0.3, -0.25) is 9.59 Å². The van der Waals surface area contributed by atoms with Crippen LogP contribution in [0.15, 0.2) is 72.9 Å². The zero-order valence-corrected chi connectivity index (χ0v) is 44.0. The summed E-state index contributed by atoms with van der Waals surface area (Å²) >= 11 is 0. The van der Waals surface area contributed by atoms with Crippen molar-refractivity contribution in [2.75, 3.05) is 19.8 Å². The molecule has 0 heterocycles. The fourth-order valence-electron chi connectivity index (χ4n) is 8.00. The smallest absolute Gasteiger partial charge is 0.306 e. The lowest BCUT2D eigenvalue weighted by molar-refractivity contribution is -0.163. The molecule has 66 heavy (non-hydrogen) atoms. The SMILES string of the molecule is CC/C=C\C/C=C\C/C=C\C/C=C\C/C=C\CCCCOCC(COC(=O)CCCCCCCCC/C=C\CCCCCCCC)OC(=O)CCCCCCCCCCCCCCCCC. The van der Waals surface area contributed by atoms with Crippen molar-refractivity contribution in [1.82, 2.24) is 0 Å². The number of ether oxygens (including phenoxy) is 3. The molecule has 0 aliphatic heterocycles. The van der Waals surface area contributed by atoms with Crippen LogP contribution in [0, 0.1) is 0 Å². The summed E-state index contributed by atoms with van der Waals surface area (Å²) in [7, 11) is 0. The van der Waals surface area contributed by atoms with Gasteiger partial charge in [0.1, 0.15) is 6.61 Å². The number of unbranched alkanes of at least 4 members (excludes halogenated alkanes) is 29. The molecule has 0 radical (unpaired) electrons. The Morgan fingerprint density at radius 1 is 0.348 bits per heavy atom. The Kier molecular flexibility index (Phi) is 54.4. The van der Waals surface area contributed by atoms with Gasteiger partial charge >= 0.3 is 11.9 Å². The first-order chi connectivity index (χ1) is 32.6. The lowest BCUT2D eigenvalue weighted by Crippen LogP contribution is -2.30. The third-order valence-corrected chi connectivity index (χ3v) is 12.2. The van der Waals surface area contributed by atoms with Gasteiger partial charge < -0.3 is 14.2 Å². The van der Waals surface area contributed by atoms with E-state index in [4.69, 9.17) is 14.2 Å². The van der Waals surface area contributed by atoms with Gasteiger partial charge in [0, 0.05) is 19.4 Å². The first kappa shape index (κ1) is 63.3. The van der Waals surface area contributed by atoms with Crippen LogP contribution < -0.4 is 0 Å². The fraction of sp³-hybridized carbons (Fsp3) is 0.770. The molecule has 0 saturated heterocycles. The van der Waals surface area contributed by atoms with Crippen molar-refractivity contribution in [2.24, 2.45) is 0 Å². The standard InChI is InChI=1S/C61H108O5/c1-4-7-10-13-16-19-22-25-28-30-32-35-38-41-44-47-50-53-56-64-57-59(66-61(63)55-52-49-46-43-40-37-33-27-24-21-18-15-12-9-6-3)58-65-60(62)54-51-48-45-42-39-36-34-31-29-26-23-20-17-14-11-8-5-2/h7,10,16,19,25-26,28-29,32,35,41,44,59H,4-6,8-9,11-15,17-18,20-24,27,30-31,33-34,36-40,42-43,45-58H2,1-3H3/b10-7-,19-16-,28-25-,29-26-,35-32-,44-41-. The molecule has 0 N–H and O–H groups in total. The number of carbonyl (C=O) groups is 2. The predicted molar refractivity (Wildman–Crippen MR) is 288 cm³/mol. The highest BCUT2D eigenvalue weighted by Gasteiger charge is 2.17. The first-order valence-electron chi connectivity index (χ1n) is 28.5. The molecule has 0 aliphatic carbocycles. The van der Waals surface area contributed by atoms with Crippen LogP contribution in [-0.2, 0) is 23.8 Å². The molecule has 5 heteroatoms. The van der Waals surface area contributed by atoms with Crippen LogP contribution >= 0.6 is 0 Å². The Bertz CT molecular complexity index is 1180. The van der Waals surface area contributed by atoms with E-state index >= 15 is 0 Å². The third-order valence-electron chi connectivity index (χ3n) is 12.2. The van der Waals surface area contributed by atoms with Crippen molar-refractivity contribution in [3.8, 4) is 0 Å². The molecule has 1 unspecified atom stereocenters. The molecular formula is C61H108O5. The van der Waals surface area contributed by atoms with Crippen molar-refractivity contribution >= 4 is 11.9 Å². The van der Waals surface area contributed by atoms with E-state index in [1.54, 1.807) is 0 Å². The molecule has 0 rings (SSSR count). The summed E-state index contributed by atoms with van der Waals surface area (Å²) in [6, 6.07) is 0. The summed E-state index contributed by atoms with van der Waals surface area (Å²) in [5, 5.41) is 0. The maximum atomic E-state index is 12.8. The molecule has 0 aliphatic rings. The molecule has 0 spiro atoms. The van der Waals surface area contributed by atoms with E-state index < -0.39 is 6.10 Å². The molecule has 0 aromatic carbocycles. The second-order valence-corrected chi connectivity index (χ2v) is 18.8. The van der Waals surface area contributed by atoms with Gasteiger partial charge in [0.2, 0.25) is 0 Å². The molecule has 1 atom stereocenters. The van der Waals surface area contributed by atoms with Gasteiger partial charge in [-0.25, -0.2) is 0 Å². The largest absolute Gasteiger partial charge is 0.462 e. The number of carbonyl (C=O) groups excluding carboxylic acids is 2. The van der Waals surface area contributed by atoms with Crippen LogP contribution in [0.5, 0.6) is 0 Å². The summed E-state index contributed by atoms with van der Waals surface area (Å²) in [4.78, 5) is 25.5. The number of esters is 2. The fourth-order valence-corrected chi connectivity index (χ4v) is 8.00. The average Bonchev–Trinajstić information content (AvgIpc) is 3.32. The molecule has 0 bridgehead atoms. The van der Waals surface area contributed by atoms with Crippen molar-refractivity contribution < 1.29 is 23.8 Å². The minimum Gasteiger partial charge on any atom is -0.462 e. The summed E-state index contributed by atoms with van der Waals surface area (Å²) in [5.74, 6) is -0.416. The van der Waals surface area contributed by atoms with Crippen LogP contribution in [0.3, 0.4) is 0 Å². The molecule has 5 nitrogen and oxygen atoms in total. The minimum atomic E-state index is -0.561. The van der Waals surface area contributed by atoms with Gasteiger partial charge in [0.15, 0.2) is 6.10 Å². The first-order valence-corrected chi connectivity index (χ1v) is 28.5. The van der Waals surface area contributed by atoms with Crippen LogP contribution in [0.4, 0.5) is 0 Å². The van der Waals surface area contributed by atoms with Crippen molar-refractivity contribution in [3.05, 3.63) is 72.9 Å². The normalized spacial score (nSPS) is 12.7. The molecule has 382 valence electrons. The van der Waals surface area contributed by atoms with Crippen molar-refractivity contribution in [1.29, 1.82) is 0 Å². The lowest BCUT2D eigenvalue weighted by atomic mass is 10.0. The molecular weight excluding hydrogens is 813 g/mol. The Labute approximate surface area is 410 Å². The molecule has 0 amide bonds. The minimum absolute atomic E-state index is 0.0663. The van der Waals surface area contributed by atoms with E-state index in [0.29, 0.717) is 19.4 Å². The second-order valence-electron chi connectivity index (χ2n) is 18.8. The Morgan fingerprint density at radius 3 is 1.11 bits per heavy atom. The number of rotatable bonds is 52. The summed E-state index contributed by atoms with van der Waals surface area (Å²) in [6.45, 7) is 7.64. The van der Waals surface area contributed by atoms with E-state index in [1.165, 1.54) is 161 Å². The number of hydrogen-bond acceptors (Lipinski definition) is 5. The predicted octanol–water partition coefficient (Wildman–Crippen LogP) is 19.5. The Hall–Kier alpha value is -2.66. The number of allylic oxidation sites excluding steroid dienone is 12. The maximum absolute atomic E-state index is 12.8. The summed E-state index contributed by atoms with van der Waals surface area (Å²) in [5.41, 5.74) is 0. The molecule has 0 aromatic rings. The monoisotopic (exact) mass is 921 g/mol. The molecule has 0 saturated carbocycles. The van der Waals surface area contributed by atoms with Crippen LogP contribution in [0.25, 0.3) is 0 Å². The molecule has 0 aromatic heterocycles. The highest BCUT2D eigenvalue weighted by atomic mass is 16.6. The quantitative estimate of drug-likeness (QED) is 0.0346. The van der Waals surface area contributed by atoms with Gasteiger partial charge in [-0.15, -0.1) is 0 Å². The highest BCUT2D eigenvalue weighted by Crippen LogP contribution is 2.16. The topological polar surface area (TPSA) is 61.8 Å². The lowest BCUT2D eigenvalue weighted by Gasteiger charge is -2.18. The van der Waals surface area contributed by atoms with Gasteiger partial charge in [0.25, 0.3) is 0 Å². The zero-order valence-electron chi connectivity index (χ0n) is 44.0. The van der Waals surface area contributed by atoms with Gasteiger partial charge in [-0.1, -0.05) is 248 Å². The van der Waals surface area contributed by atoms with E-state index in [2.05, 4.69) is 93.7 Å². The average molecular weight is 922 g/mol. The van der Waals surface area contributed by atoms with Gasteiger partial charge in [0.05, 0.1) is 6.61 Å². The van der Waals surface area contributed by atoms with E-state index in [9.17, 15) is 9.59 Å². The number of hydrogen-bond donors (Lipinski definition) is 0. The van der Waals surface area contributed by atoms with E-state index in [0.717, 1.165) is 83.5 Å². The Morgan fingerprint density at radius 2 is 0.682 bits per heavy atom. The van der Waals surface area contributed by atoms with E-state index in [1.807, 2.05) is 0 Å². The summed E-state index contributed by atoms with van der Waals surface area (Å²) in [6.07, 6.45) is 73.5. The van der Waals surface area contributed by atoms with E-state index in [-0.39, 0.29) is 25.2 Å².